The number of benzene rings is 3. The number of hydrogen-bond donors (Lipinski definition) is 0. The summed E-state index contributed by atoms with van der Waals surface area (Å²) in [6.07, 6.45) is -3.59. The second-order valence-corrected chi connectivity index (χ2v) is 10.5. The van der Waals surface area contributed by atoms with Crippen LogP contribution in [0.25, 0.3) is 0 Å². The van der Waals surface area contributed by atoms with Gasteiger partial charge in [-0.2, -0.15) is 13.2 Å². The average molecular weight is 585 g/mol. The Labute approximate surface area is 243 Å². The summed E-state index contributed by atoms with van der Waals surface area (Å²) >= 11 is 0. The van der Waals surface area contributed by atoms with Crippen molar-refractivity contribution in [2.75, 3.05) is 26.8 Å². The van der Waals surface area contributed by atoms with E-state index in [1.54, 1.807) is 48.9 Å². The third-order valence-electron chi connectivity index (χ3n) is 7.16. The van der Waals surface area contributed by atoms with Gasteiger partial charge >= 0.3 is 18.2 Å². The molecule has 3 aromatic carbocycles. The minimum atomic E-state index is -4.43. The molecule has 3 aromatic rings. The van der Waals surface area contributed by atoms with Crippen LogP contribution in [0.3, 0.4) is 0 Å². The molecular weight excluding hydrogens is 549 g/mol. The highest BCUT2D eigenvalue weighted by molar-refractivity contribution is 5.80. The maximum Gasteiger partial charge on any atom is 0.416 e. The van der Waals surface area contributed by atoms with E-state index >= 15 is 0 Å². The first-order valence-electron chi connectivity index (χ1n) is 13.8. The standard InChI is InChI=1S/C32H35F3N2O5/c1-4-40-29(38)31(2,42-28-11-6-5-7-12-28)20-23-13-15-27(16-14-23)41-18-17-26-22-37(30(39)36(26)3)21-24-9-8-10-25(19-24)32(33,34)35/h5-16,19,26H,4,17-18,20-22H2,1-3H3. The summed E-state index contributed by atoms with van der Waals surface area (Å²) in [5, 5.41) is 0. The number of nitrogens with zero attached hydrogens (tertiary/aromatic N) is 2. The number of carbonyl (C=O) groups excluding carboxylic acids is 2. The fourth-order valence-corrected chi connectivity index (χ4v) is 4.91. The number of likely N-dealkylation sites (N-methyl/N-ethyl adjacent to an activating group) is 1. The first kappa shape index (κ1) is 30.7. The highest BCUT2D eigenvalue weighted by Gasteiger charge is 2.38. The van der Waals surface area contributed by atoms with Gasteiger partial charge in [-0.15, -0.1) is 0 Å². The summed E-state index contributed by atoms with van der Waals surface area (Å²) in [5.74, 6) is 0.747. The number of rotatable bonds is 12. The van der Waals surface area contributed by atoms with E-state index in [0.29, 0.717) is 36.6 Å². The monoisotopic (exact) mass is 584 g/mol. The molecule has 0 aromatic heterocycles. The van der Waals surface area contributed by atoms with Crippen LogP contribution >= 0.6 is 0 Å². The van der Waals surface area contributed by atoms with Gasteiger partial charge < -0.3 is 24.0 Å². The Morgan fingerprint density at radius 1 is 0.952 bits per heavy atom. The third kappa shape index (κ3) is 7.74. The van der Waals surface area contributed by atoms with Gasteiger partial charge in [0.25, 0.3) is 0 Å². The second-order valence-electron chi connectivity index (χ2n) is 10.5. The summed E-state index contributed by atoms with van der Waals surface area (Å²) in [7, 11) is 1.69. The van der Waals surface area contributed by atoms with Crippen molar-refractivity contribution in [3.8, 4) is 11.5 Å². The van der Waals surface area contributed by atoms with Gasteiger partial charge in [0.05, 0.1) is 24.8 Å². The lowest BCUT2D eigenvalue weighted by atomic mass is 9.96. The van der Waals surface area contributed by atoms with Crippen molar-refractivity contribution < 1.29 is 37.0 Å². The number of para-hydroxylation sites is 1. The zero-order valence-corrected chi connectivity index (χ0v) is 23.9. The van der Waals surface area contributed by atoms with Gasteiger partial charge in [0.15, 0.2) is 0 Å². The molecule has 224 valence electrons. The maximum absolute atomic E-state index is 13.1. The van der Waals surface area contributed by atoms with Gasteiger partial charge in [-0.05, 0) is 61.4 Å². The molecule has 2 unspecified atom stereocenters. The van der Waals surface area contributed by atoms with Crippen LogP contribution in [0, 0.1) is 0 Å². The van der Waals surface area contributed by atoms with Crippen LogP contribution in [-0.4, -0.2) is 60.2 Å². The Morgan fingerprint density at radius 2 is 1.67 bits per heavy atom. The maximum atomic E-state index is 13.1. The predicted molar refractivity (Wildman–Crippen MR) is 151 cm³/mol. The molecule has 1 fully saturated rings. The fraction of sp³-hybridized carbons (Fsp3) is 0.375. The van der Waals surface area contributed by atoms with Crippen LogP contribution in [0.2, 0.25) is 0 Å². The van der Waals surface area contributed by atoms with Crippen LogP contribution in [-0.2, 0) is 28.7 Å². The number of amides is 2. The van der Waals surface area contributed by atoms with E-state index in [-0.39, 0.29) is 31.6 Å². The SMILES string of the molecule is CCOC(=O)C(C)(Cc1ccc(OCCC2CN(Cc3cccc(C(F)(F)F)c3)C(=O)N2C)cc1)Oc1ccccc1. The Balaban J connectivity index is 1.31. The minimum Gasteiger partial charge on any atom is -0.494 e. The smallest absolute Gasteiger partial charge is 0.416 e. The Bertz CT molecular complexity index is 1350. The van der Waals surface area contributed by atoms with Crippen molar-refractivity contribution in [1.82, 2.24) is 9.80 Å². The van der Waals surface area contributed by atoms with Gasteiger partial charge in [-0.3, -0.25) is 0 Å². The molecule has 0 saturated carbocycles. The highest BCUT2D eigenvalue weighted by Crippen LogP contribution is 2.30. The molecule has 0 radical (unpaired) electrons. The van der Waals surface area contributed by atoms with Crippen molar-refractivity contribution in [3.63, 3.8) is 0 Å². The summed E-state index contributed by atoms with van der Waals surface area (Å²) in [6.45, 7) is 4.53. The lowest BCUT2D eigenvalue weighted by Gasteiger charge is -2.28. The van der Waals surface area contributed by atoms with Crippen LogP contribution < -0.4 is 9.47 Å². The molecule has 7 nitrogen and oxygen atoms in total. The van der Waals surface area contributed by atoms with Gasteiger partial charge in [0, 0.05) is 33.0 Å². The Kier molecular flexibility index (Phi) is 9.65. The molecule has 42 heavy (non-hydrogen) atoms. The van der Waals surface area contributed by atoms with Gasteiger partial charge in [-0.1, -0.05) is 42.5 Å². The van der Waals surface area contributed by atoms with E-state index < -0.39 is 23.3 Å². The normalized spacial score (nSPS) is 16.7. The quantitative estimate of drug-likeness (QED) is 0.232. The van der Waals surface area contributed by atoms with Gasteiger partial charge in [0.1, 0.15) is 11.5 Å². The molecule has 4 rings (SSSR count). The molecule has 1 saturated heterocycles. The Hall–Kier alpha value is -4.21. The van der Waals surface area contributed by atoms with Gasteiger partial charge in [0.2, 0.25) is 5.60 Å². The topological polar surface area (TPSA) is 68.3 Å². The number of esters is 1. The highest BCUT2D eigenvalue weighted by atomic mass is 19.4. The number of alkyl halides is 3. The molecule has 1 aliphatic heterocycles. The van der Waals surface area contributed by atoms with Crippen molar-refractivity contribution in [2.24, 2.45) is 0 Å². The van der Waals surface area contributed by atoms with Crippen LogP contribution in [0.4, 0.5) is 18.0 Å². The van der Waals surface area contributed by atoms with E-state index in [1.807, 2.05) is 42.5 Å². The van der Waals surface area contributed by atoms with E-state index in [1.165, 1.54) is 6.07 Å². The van der Waals surface area contributed by atoms with Crippen LogP contribution in [0.1, 0.15) is 37.0 Å². The number of carbonyl (C=O) groups is 2. The molecule has 1 aliphatic rings. The summed E-state index contributed by atoms with van der Waals surface area (Å²) in [5.41, 5.74) is -0.665. The summed E-state index contributed by atoms with van der Waals surface area (Å²) in [6, 6.07) is 21.1. The molecule has 10 heteroatoms. The van der Waals surface area contributed by atoms with Gasteiger partial charge in [-0.25, -0.2) is 9.59 Å². The second kappa shape index (κ2) is 13.2. The zero-order valence-electron chi connectivity index (χ0n) is 23.9. The number of ether oxygens (including phenoxy) is 3. The molecule has 2 amide bonds. The van der Waals surface area contributed by atoms with Crippen molar-refractivity contribution >= 4 is 12.0 Å². The molecule has 0 bridgehead atoms. The lowest BCUT2D eigenvalue weighted by Crippen LogP contribution is -2.45. The molecular formula is C32H35F3N2O5. The third-order valence-corrected chi connectivity index (χ3v) is 7.16. The van der Waals surface area contributed by atoms with E-state index in [2.05, 4.69) is 0 Å². The van der Waals surface area contributed by atoms with E-state index in [0.717, 1.165) is 17.7 Å². The number of halogens is 3. The van der Waals surface area contributed by atoms with Crippen molar-refractivity contribution in [3.05, 3.63) is 95.6 Å². The Morgan fingerprint density at radius 3 is 2.33 bits per heavy atom. The van der Waals surface area contributed by atoms with E-state index in [4.69, 9.17) is 14.2 Å². The number of urea groups is 1. The fourth-order valence-electron chi connectivity index (χ4n) is 4.91. The summed E-state index contributed by atoms with van der Waals surface area (Å²) in [4.78, 5) is 28.7. The summed E-state index contributed by atoms with van der Waals surface area (Å²) < 4.78 is 56.5. The van der Waals surface area contributed by atoms with Crippen molar-refractivity contribution in [1.29, 1.82) is 0 Å². The average Bonchev–Trinajstić information content (AvgIpc) is 3.22. The minimum absolute atomic E-state index is 0.102. The first-order chi connectivity index (χ1) is 20.0. The van der Waals surface area contributed by atoms with E-state index in [9.17, 15) is 22.8 Å². The van der Waals surface area contributed by atoms with Crippen LogP contribution in [0.15, 0.2) is 78.9 Å². The first-order valence-corrected chi connectivity index (χ1v) is 13.8. The molecule has 1 heterocycles. The van der Waals surface area contributed by atoms with Crippen LogP contribution in [0.5, 0.6) is 11.5 Å². The lowest BCUT2D eigenvalue weighted by molar-refractivity contribution is -0.160. The molecule has 0 N–H and O–H groups in total. The van der Waals surface area contributed by atoms with Crippen molar-refractivity contribution in [2.45, 2.75) is 51.1 Å². The largest absolute Gasteiger partial charge is 0.494 e. The molecule has 0 aliphatic carbocycles. The zero-order chi connectivity index (χ0) is 30.3. The predicted octanol–water partition coefficient (Wildman–Crippen LogP) is 6.35. The number of hydrogen-bond acceptors (Lipinski definition) is 5. The molecule has 2 atom stereocenters. The molecule has 0 spiro atoms.